The lowest BCUT2D eigenvalue weighted by Crippen LogP contribution is -2.14. The van der Waals surface area contributed by atoms with E-state index in [0.717, 1.165) is 11.1 Å². The number of esters is 1. The first-order valence-electron chi connectivity index (χ1n) is 16.5. The van der Waals surface area contributed by atoms with Crippen molar-refractivity contribution in [1.29, 1.82) is 0 Å². The van der Waals surface area contributed by atoms with Crippen LogP contribution in [0.2, 0.25) is 0 Å². The molecule has 2 rings (SSSR count). The van der Waals surface area contributed by atoms with Crippen molar-refractivity contribution >= 4 is 18.1 Å². The predicted octanol–water partition coefficient (Wildman–Crippen LogP) is 3.81. The number of benzene rings is 2. The Morgan fingerprint density at radius 2 is 0.837 bits per heavy atom. The van der Waals surface area contributed by atoms with E-state index in [1.54, 1.807) is 33.5 Å². The molecule has 0 saturated heterocycles. The number of hydrogen-bond acceptors (Lipinski definition) is 13. The SMILES string of the molecule is COCCOCCOCCOC(=O)c1ccc(/C=C/c2ccc(OCCOCCOCCOC)c(OCCOCCOCCOC)c2)cc1. The van der Waals surface area contributed by atoms with Gasteiger partial charge in [0.1, 0.15) is 19.8 Å². The molecule has 0 heterocycles. The minimum Gasteiger partial charge on any atom is -0.487 e. The van der Waals surface area contributed by atoms with E-state index in [9.17, 15) is 4.79 Å². The summed E-state index contributed by atoms with van der Waals surface area (Å²) in [6.45, 7) is 7.97. The number of carbonyl (C=O) groups is 1. The summed E-state index contributed by atoms with van der Waals surface area (Å²) in [6, 6.07) is 12.9. The lowest BCUT2D eigenvalue weighted by Gasteiger charge is -2.14. The van der Waals surface area contributed by atoms with Crippen LogP contribution in [0.4, 0.5) is 0 Å². The van der Waals surface area contributed by atoms with Crippen molar-refractivity contribution in [2.45, 2.75) is 0 Å². The van der Waals surface area contributed by atoms with Crippen molar-refractivity contribution < 1.29 is 61.6 Å². The van der Waals surface area contributed by atoms with Crippen LogP contribution >= 0.6 is 0 Å². The lowest BCUT2D eigenvalue weighted by molar-refractivity contribution is 0.00570. The van der Waals surface area contributed by atoms with Crippen molar-refractivity contribution in [3.8, 4) is 11.5 Å². The van der Waals surface area contributed by atoms with Gasteiger partial charge in [-0.15, -0.1) is 0 Å². The quantitative estimate of drug-likeness (QED) is 0.0626. The van der Waals surface area contributed by atoms with Gasteiger partial charge in [0.2, 0.25) is 0 Å². The van der Waals surface area contributed by atoms with Crippen molar-refractivity contribution in [2.24, 2.45) is 0 Å². The number of methoxy groups -OCH3 is 3. The molecule has 0 bridgehead atoms. The maximum atomic E-state index is 12.4. The van der Waals surface area contributed by atoms with Gasteiger partial charge in [0.15, 0.2) is 11.5 Å². The average Bonchev–Trinajstić information content (AvgIpc) is 3.12. The Morgan fingerprint density at radius 3 is 1.33 bits per heavy atom. The van der Waals surface area contributed by atoms with Crippen LogP contribution in [0.3, 0.4) is 0 Å². The van der Waals surface area contributed by atoms with E-state index < -0.39 is 5.97 Å². The van der Waals surface area contributed by atoms with Crippen molar-refractivity contribution in [1.82, 2.24) is 0 Å². The third-order valence-electron chi connectivity index (χ3n) is 6.43. The topological polar surface area (TPSA) is 128 Å². The molecule has 2 aromatic rings. The van der Waals surface area contributed by atoms with Crippen LogP contribution in [0.15, 0.2) is 42.5 Å². The first kappa shape index (κ1) is 42.1. The Hall–Kier alpha value is -3.11. The molecule has 0 atom stereocenters. The van der Waals surface area contributed by atoms with Crippen molar-refractivity contribution in [2.75, 3.05) is 140 Å². The monoisotopic (exact) mass is 694 g/mol. The van der Waals surface area contributed by atoms with Crippen LogP contribution in [-0.4, -0.2) is 146 Å². The molecule has 0 aliphatic rings. The fourth-order valence-corrected chi connectivity index (χ4v) is 3.87. The largest absolute Gasteiger partial charge is 0.487 e. The maximum Gasteiger partial charge on any atom is 0.338 e. The van der Waals surface area contributed by atoms with Gasteiger partial charge in [-0.25, -0.2) is 4.79 Å². The first-order valence-corrected chi connectivity index (χ1v) is 16.5. The minimum absolute atomic E-state index is 0.162. The van der Waals surface area contributed by atoms with Gasteiger partial charge in [-0.2, -0.15) is 0 Å². The predicted molar refractivity (Wildman–Crippen MR) is 184 cm³/mol. The van der Waals surface area contributed by atoms with Gasteiger partial charge in [-0.3, -0.25) is 0 Å². The van der Waals surface area contributed by atoms with E-state index in [4.69, 9.17) is 56.8 Å². The molecule has 0 unspecified atom stereocenters. The number of rotatable bonds is 32. The minimum atomic E-state index is -0.406. The highest BCUT2D eigenvalue weighted by molar-refractivity contribution is 5.89. The van der Waals surface area contributed by atoms with Gasteiger partial charge in [-0.05, 0) is 35.4 Å². The Balaban J connectivity index is 1.84. The Bertz CT molecular complexity index is 1110. The summed E-state index contributed by atoms with van der Waals surface area (Å²) in [5, 5.41) is 0. The van der Waals surface area contributed by atoms with Gasteiger partial charge in [0, 0.05) is 21.3 Å². The molecule has 0 radical (unpaired) electrons. The van der Waals surface area contributed by atoms with Crippen LogP contribution in [0.5, 0.6) is 11.5 Å². The van der Waals surface area contributed by atoms with Gasteiger partial charge in [-0.1, -0.05) is 30.4 Å². The van der Waals surface area contributed by atoms with Crippen LogP contribution in [0.1, 0.15) is 21.5 Å². The summed E-state index contributed by atoms with van der Waals surface area (Å²) < 4.78 is 64.9. The molecule has 0 amide bonds. The molecular weight excluding hydrogens is 640 g/mol. The summed E-state index contributed by atoms with van der Waals surface area (Å²) >= 11 is 0. The van der Waals surface area contributed by atoms with E-state index in [1.165, 1.54) is 0 Å². The molecule has 0 spiro atoms. The highest BCUT2D eigenvalue weighted by atomic mass is 16.6. The van der Waals surface area contributed by atoms with Crippen LogP contribution in [0.25, 0.3) is 12.2 Å². The Labute approximate surface area is 290 Å². The molecule has 0 fully saturated rings. The normalized spacial score (nSPS) is 11.3. The summed E-state index contributed by atoms with van der Waals surface area (Å²) in [7, 11) is 4.89. The molecule has 276 valence electrons. The second kappa shape index (κ2) is 29.8. The highest BCUT2D eigenvalue weighted by Crippen LogP contribution is 2.29. The Morgan fingerprint density at radius 1 is 0.449 bits per heavy atom. The van der Waals surface area contributed by atoms with E-state index in [1.807, 2.05) is 42.5 Å². The molecular formula is C36H54O13. The second-order valence-electron chi connectivity index (χ2n) is 10.1. The average molecular weight is 695 g/mol. The molecule has 0 aliphatic heterocycles. The molecule has 0 N–H and O–H groups in total. The molecule has 0 aromatic heterocycles. The van der Waals surface area contributed by atoms with Crippen molar-refractivity contribution in [3.63, 3.8) is 0 Å². The highest BCUT2D eigenvalue weighted by Gasteiger charge is 2.09. The zero-order valence-corrected chi connectivity index (χ0v) is 29.2. The summed E-state index contributed by atoms with van der Waals surface area (Å²) in [5.41, 5.74) is 2.29. The second-order valence-corrected chi connectivity index (χ2v) is 10.1. The first-order chi connectivity index (χ1) is 24.2. The summed E-state index contributed by atoms with van der Waals surface area (Å²) in [6.07, 6.45) is 3.91. The molecule has 2 aromatic carbocycles. The lowest BCUT2D eigenvalue weighted by atomic mass is 10.1. The van der Waals surface area contributed by atoms with E-state index in [-0.39, 0.29) is 6.61 Å². The van der Waals surface area contributed by atoms with Crippen LogP contribution in [-0.2, 0) is 47.4 Å². The van der Waals surface area contributed by atoms with Gasteiger partial charge >= 0.3 is 5.97 Å². The molecule has 13 heteroatoms. The molecule has 13 nitrogen and oxygen atoms in total. The van der Waals surface area contributed by atoms with Gasteiger partial charge in [0.25, 0.3) is 0 Å². The molecule has 0 saturated carbocycles. The number of ether oxygens (including phenoxy) is 12. The van der Waals surface area contributed by atoms with Crippen LogP contribution < -0.4 is 9.47 Å². The van der Waals surface area contributed by atoms with Crippen molar-refractivity contribution in [3.05, 3.63) is 59.2 Å². The zero-order chi connectivity index (χ0) is 35.0. The molecule has 0 aliphatic carbocycles. The molecule has 49 heavy (non-hydrogen) atoms. The maximum absolute atomic E-state index is 12.4. The third kappa shape index (κ3) is 21.6. The third-order valence-corrected chi connectivity index (χ3v) is 6.43. The fraction of sp³-hybridized carbons (Fsp3) is 0.583. The zero-order valence-electron chi connectivity index (χ0n) is 29.2. The van der Waals surface area contributed by atoms with Gasteiger partial charge in [0.05, 0.1) is 105 Å². The van der Waals surface area contributed by atoms with Crippen LogP contribution in [0, 0.1) is 0 Å². The standard InChI is InChI=1S/C36H54O13/c1-38-12-15-41-18-21-44-24-27-47-34-11-8-32(30-35(34)48-28-25-45-22-19-42-16-13-39-2)5-4-31-6-9-33(10-7-31)36(37)49-29-26-46-23-20-43-17-14-40-3/h4-11,30H,12-29H2,1-3H3/b5-4+. The summed E-state index contributed by atoms with van der Waals surface area (Å²) in [5.74, 6) is 0.783. The van der Waals surface area contributed by atoms with Gasteiger partial charge < -0.3 is 56.8 Å². The van der Waals surface area contributed by atoms with E-state index in [2.05, 4.69) is 0 Å². The number of carbonyl (C=O) groups excluding carboxylic acids is 1. The van der Waals surface area contributed by atoms with E-state index >= 15 is 0 Å². The Kier molecular flexibility index (Phi) is 25.6. The smallest absolute Gasteiger partial charge is 0.338 e. The van der Waals surface area contributed by atoms with E-state index in [0.29, 0.717) is 129 Å². The summed E-state index contributed by atoms with van der Waals surface area (Å²) in [4.78, 5) is 12.4. The number of hydrogen-bond donors (Lipinski definition) is 0. The fourth-order valence-electron chi connectivity index (χ4n) is 3.87.